The summed E-state index contributed by atoms with van der Waals surface area (Å²) in [6.07, 6.45) is -0.436. The topological polar surface area (TPSA) is 57.2 Å². The number of fused-ring (bicyclic) bond motifs is 1. The maximum atomic E-state index is 10.5. The van der Waals surface area contributed by atoms with E-state index in [1.54, 1.807) is 33.5 Å². The Hall–Kier alpha value is -2.40. The van der Waals surface area contributed by atoms with Gasteiger partial charge in [0.05, 0.1) is 33.0 Å². The molecule has 0 radical (unpaired) electrons. The van der Waals surface area contributed by atoms with Crippen molar-refractivity contribution in [2.45, 2.75) is 18.6 Å². The van der Waals surface area contributed by atoms with Crippen LogP contribution in [-0.2, 0) is 0 Å². The summed E-state index contributed by atoms with van der Waals surface area (Å²) in [6.45, 7) is 0. The number of ether oxygens (including phenoxy) is 4. The highest BCUT2D eigenvalue weighted by molar-refractivity contribution is 5.53. The lowest BCUT2D eigenvalue weighted by Crippen LogP contribution is -2.19. The van der Waals surface area contributed by atoms with Gasteiger partial charge in [-0.25, -0.2) is 0 Å². The first-order valence-corrected chi connectivity index (χ1v) is 7.41. The van der Waals surface area contributed by atoms with Crippen LogP contribution < -0.4 is 18.9 Å². The molecule has 5 nitrogen and oxygen atoms in total. The first-order chi connectivity index (χ1) is 11.2. The van der Waals surface area contributed by atoms with Gasteiger partial charge in [0.15, 0.2) is 0 Å². The van der Waals surface area contributed by atoms with Crippen LogP contribution in [0.5, 0.6) is 23.0 Å². The van der Waals surface area contributed by atoms with E-state index in [1.807, 2.05) is 24.3 Å². The highest BCUT2D eigenvalue weighted by atomic mass is 16.5. The molecule has 0 amide bonds. The molecule has 0 saturated carbocycles. The fraction of sp³-hybridized carbons (Fsp3) is 0.333. The van der Waals surface area contributed by atoms with Crippen molar-refractivity contribution < 1.29 is 24.1 Å². The smallest absolute Gasteiger partial charge is 0.133 e. The zero-order chi connectivity index (χ0) is 16.4. The fourth-order valence-corrected chi connectivity index (χ4v) is 2.83. The van der Waals surface area contributed by atoms with Crippen molar-refractivity contribution in [3.63, 3.8) is 0 Å². The molecule has 2 unspecified atom stereocenters. The molecule has 3 rings (SSSR count). The van der Waals surface area contributed by atoms with Crippen molar-refractivity contribution in [1.29, 1.82) is 0 Å². The molecule has 0 spiro atoms. The first-order valence-electron chi connectivity index (χ1n) is 7.41. The lowest BCUT2D eigenvalue weighted by Gasteiger charge is -2.31. The van der Waals surface area contributed by atoms with E-state index in [9.17, 15) is 5.11 Å². The van der Waals surface area contributed by atoms with Crippen molar-refractivity contribution in [3.05, 3.63) is 47.5 Å². The Morgan fingerprint density at radius 1 is 0.957 bits per heavy atom. The summed E-state index contributed by atoms with van der Waals surface area (Å²) in [5.41, 5.74) is 1.65. The molecule has 0 bridgehead atoms. The summed E-state index contributed by atoms with van der Waals surface area (Å²) in [4.78, 5) is 0. The van der Waals surface area contributed by atoms with E-state index >= 15 is 0 Å². The number of rotatable bonds is 4. The number of hydrogen-bond acceptors (Lipinski definition) is 5. The minimum Gasteiger partial charge on any atom is -0.497 e. The molecule has 1 N–H and O–H groups in total. The highest BCUT2D eigenvalue weighted by Crippen LogP contribution is 2.47. The summed E-state index contributed by atoms with van der Waals surface area (Å²) in [5.74, 6) is 2.57. The molecule has 1 aliphatic rings. The molecule has 5 heteroatoms. The largest absolute Gasteiger partial charge is 0.497 e. The molecule has 0 fully saturated rings. The quantitative estimate of drug-likeness (QED) is 0.938. The fourth-order valence-electron chi connectivity index (χ4n) is 2.83. The summed E-state index contributed by atoms with van der Waals surface area (Å²) >= 11 is 0. The van der Waals surface area contributed by atoms with E-state index in [4.69, 9.17) is 18.9 Å². The van der Waals surface area contributed by atoms with Gasteiger partial charge < -0.3 is 24.1 Å². The normalized spacial score (nSPS) is 19.5. The lowest BCUT2D eigenvalue weighted by molar-refractivity contribution is 0.0630. The van der Waals surface area contributed by atoms with Gasteiger partial charge in [-0.1, -0.05) is 12.1 Å². The molecular formula is C18H20O5. The summed E-state index contributed by atoms with van der Waals surface area (Å²) in [7, 11) is 4.78. The Morgan fingerprint density at radius 2 is 1.65 bits per heavy atom. The van der Waals surface area contributed by atoms with E-state index in [0.717, 1.165) is 11.3 Å². The number of hydrogen-bond donors (Lipinski definition) is 1. The minimum atomic E-state index is -0.660. The van der Waals surface area contributed by atoms with E-state index < -0.39 is 6.10 Å². The Kier molecular flexibility index (Phi) is 4.30. The summed E-state index contributed by atoms with van der Waals surface area (Å²) in [6, 6.07) is 11.2. The summed E-state index contributed by atoms with van der Waals surface area (Å²) < 4.78 is 21.9. The van der Waals surface area contributed by atoms with Crippen molar-refractivity contribution in [3.8, 4) is 23.0 Å². The van der Waals surface area contributed by atoms with Crippen molar-refractivity contribution >= 4 is 0 Å². The van der Waals surface area contributed by atoms with Gasteiger partial charge in [0.1, 0.15) is 29.1 Å². The zero-order valence-electron chi connectivity index (χ0n) is 13.4. The molecule has 23 heavy (non-hydrogen) atoms. The van der Waals surface area contributed by atoms with Gasteiger partial charge in [0.2, 0.25) is 0 Å². The SMILES string of the molecule is COc1ccc(C2CC(O)c3c(OC)cc(OC)cc3O2)cc1. The Morgan fingerprint density at radius 3 is 2.26 bits per heavy atom. The average Bonchev–Trinajstić information content (AvgIpc) is 2.60. The van der Waals surface area contributed by atoms with Crippen molar-refractivity contribution in [1.82, 2.24) is 0 Å². The molecule has 1 heterocycles. The first kappa shape index (κ1) is 15.5. The van der Waals surface area contributed by atoms with E-state index in [2.05, 4.69) is 0 Å². The van der Waals surface area contributed by atoms with Crippen LogP contribution in [0, 0.1) is 0 Å². The third kappa shape index (κ3) is 2.92. The number of benzene rings is 2. The van der Waals surface area contributed by atoms with Crippen LogP contribution in [0.3, 0.4) is 0 Å². The summed E-state index contributed by atoms with van der Waals surface area (Å²) in [5, 5.41) is 10.5. The van der Waals surface area contributed by atoms with Gasteiger partial charge in [0.25, 0.3) is 0 Å². The van der Waals surface area contributed by atoms with Crippen LogP contribution in [0.1, 0.15) is 29.8 Å². The molecular weight excluding hydrogens is 296 g/mol. The maximum absolute atomic E-state index is 10.5. The van der Waals surface area contributed by atoms with E-state index in [1.165, 1.54) is 0 Å². The van der Waals surface area contributed by atoms with Crippen LogP contribution in [0.15, 0.2) is 36.4 Å². The molecule has 2 aromatic carbocycles. The van der Waals surface area contributed by atoms with Gasteiger partial charge in [-0.3, -0.25) is 0 Å². The Balaban J connectivity index is 1.95. The highest BCUT2D eigenvalue weighted by Gasteiger charge is 2.31. The van der Waals surface area contributed by atoms with Gasteiger partial charge in [-0.15, -0.1) is 0 Å². The average molecular weight is 316 g/mol. The van der Waals surface area contributed by atoms with Crippen molar-refractivity contribution in [2.75, 3.05) is 21.3 Å². The molecule has 2 atom stereocenters. The lowest BCUT2D eigenvalue weighted by atomic mass is 9.94. The molecule has 2 aromatic rings. The predicted molar refractivity (Wildman–Crippen MR) is 85.5 cm³/mol. The predicted octanol–water partition coefficient (Wildman–Crippen LogP) is 3.27. The number of aliphatic hydroxyl groups is 1. The van der Waals surface area contributed by atoms with Crippen LogP contribution in [-0.4, -0.2) is 26.4 Å². The second-order valence-electron chi connectivity index (χ2n) is 5.37. The standard InChI is InChI=1S/C18H20O5/c1-20-12-6-4-11(5-7-12)15-10-14(19)18-16(22-3)8-13(21-2)9-17(18)23-15/h4-9,14-15,19H,10H2,1-3H3. The number of aliphatic hydroxyl groups excluding tert-OH is 1. The molecule has 0 aromatic heterocycles. The van der Waals surface area contributed by atoms with Crippen molar-refractivity contribution in [2.24, 2.45) is 0 Å². The molecule has 0 aliphatic carbocycles. The van der Waals surface area contributed by atoms with Crippen LogP contribution in [0.2, 0.25) is 0 Å². The third-order valence-electron chi connectivity index (χ3n) is 4.06. The monoisotopic (exact) mass is 316 g/mol. The van der Waals surface area contributed by atoms with E-state index in [-0.39, 0.29) is 6.10 Å². The van der Waals surface area contributed by atoms with Crippen LogP contribution >= 0.6 is 0 Å². The van der Waals surface area contributed by atoms with Gasteiger partial charge in [-0.05, 0) is 17.7 Å². The van der Waals surface area contributed by atoms with Gasteiger partial charge in [0, 0.05) is 18.6 Å². The second-order valence-corrected chi connectivity index (χ2v) is 5.37. The minimum absolute atomic E-state index is 0.236. The third-order valence-corrected chi connectivity index (χ3v) is 4.06. The van der Waals surface area contributed by atoms with Crippen LogP contribution in [0.4, 0.5) is 0 Å². The Bertz CT molecular complexity index is 681. The number of methoxy groups -OCH3 is 3. The van der Waals surface area contributed by atoms with Crippen LogP contribution in [0.25, 0.3) is 0 Å². The van der Waals surface area contributed by atoms with Gasteiger partial charge in [-0.2, -0.15) is 0 Å². The zero-order valence-corrected chi connectivity index (χ0v) is 13.4. The van der Waals surface area contributed by atoms with E-state index in [0.29, 0.717) is 29.2 Å². The maximum Gasteiger partial charge on any atom is 0.133 e. The Labute approximate surface area is 135 Å². The molecule has 1 aliphatic heterocycles. The van der Waals surface area contributed by atoms with Gasteiger partial charge >= 0.3 is 0 Å². The molecule has 0 saturated heterocycles. The molecule has 122 valence electrons. The second kappa shape index (κ2) is 6.38.